The Balaban J connectivity index is 2.61. The summed E-state index contributed by atoms with van der Waals surface area (Å²) < 4.78 is 4.99. The second-order valence-electron chi connectivity index (χ2n) is 1.47. The largest absolute Gasteiger partial charge is 0.415 e. The molecule has 1 aromatic carbocycles. The van der Waals surface area contributed by atoms with E-state index >= 15 is 0 Å². The second-order valence-corrected chi connectivity index (χ2v) is 2.23. The summed E-state index contributed by atoms with van der Waals surface area (Å²) in [7, 11) is 0. The lowest BCUT2D eigenvalue weighted by Gasteiger charge is -1.95. The highest BCUT2D eigenvalue weighted by atomic mass is 33.1. The van der Waals surface area contributed by atoms with E-state index in [1.807, 2.05) is 30.3 Å². The molecule has 48 valence electrons. The highest BCUT2D eigenvalue weighted by molar-refractivity contribution is 8.66. The Labute approximate surface area is 63.4 Å². The van der Waals surface area contributed by atoms with Crippen molar-refractivity contribution in [2.75, 3.05) is 0 Å². The molecule has 0 fully saturated rings. The normalized spacial score (nSPS) is 9.00. The predicted octanol–water partition coefficient (Wildman–Crippen LogP) is 2.56. The molecule has 0 heterocycles. The van der Waals surface area contributed by atoms with Gasteiger partial charge < -0.3 is 4.18 Å². The minimum absolute atomic E-state index is 0.831. The Morgan fingerprint density at radius 2 is 1.89 bits per heavy atom. The van der Waals surface area contributed by atoms with Gasteiger partial charge in [-0.1, -0.05) is 29.9 Å². The molecule has 1 aromatic rings. The van der Waals surface area contributed by atoms with Crippen LogP contribution in [0.3, 0.4) is 0 Å². The summed E-state index contributed by atoms with van der Waals surface area (Å²) in [6.45, 7) is 0. The average Bonchev–Trinajstić information content (AvgIpc) is 1.91. The van der Waals surface area contributed by atoms with Gasteiger partial charge in [-0.2, -0.15) is 0 Å². The topological polar surface area (TPSA) is 9.23 Å². The van der Waals surface area contributed by atoms with Crippen LogP contribution in [-0.2, 0) is 0 Å². The van der Waals surface area contributed by atoms with Crippen molar-refractivity contribution in [3.05, 3.63) is 30.3 Å². The molecule has 0 spiro atoms. The maximum atomic E-state index is 4.99. The lowest BCUT2D eigenvalue weighted by Crippen LogP contribution is -1.73. The van der Waals surface area contributed by atoms with Crippen LogP contribution in [0.15, 0.2) is 30.3 Å². The van der Waals surface area contributed by atoms with E-state index in [2.05, 4.69) is 11.7 Å². The zero-order chi connectivity index (χ0) is 6.53. The average molecular weight is 158 g/mol. The van der Waals surface area contributed by atoms with E-state index in [9.17, 15) is 0 Å². The summed E-state index contributed by atoms with van der Waals surface area (Å²) in [5.41, 5.74) is 0. The highest BCUT2D eigenvalue weighted by Crippen LogP contribution is 2.16. The third kappa shape index (κ3) is 2.20. The Morgan fingerprint density at radius 3 is 2.44 bits per heavy atom. The van der Waals surface area contributed by atoms with E-state index in [0.717, 1.165) is 16.8 Å². The number of para-hydroxylation sites is 1. The van der Waals surface area contributed by atoms with E-state index < -0.39 is 0 Å². The summed E-state index contributed by atoms with van der Waals surface area (Å²) >= 11 is 4.88. The van der Waals surface area contributed by atoms with E-state index in [-0.39, 0.29) is 0 Å². The minimum Gasteiger partial charge on any atom is -0.415 e. The number of benzene rings is 1. The molecule has 0 N–H and O–H groups in total. The summed E-state index contributed by atoms with van der Waals surface area (Å²) in [6, 6.07) is 9.53. The molecule has 0 aliphatic rings. The van der Waals surface area contributed by atoms with E-state index in [1.54, 1.807) is 0 Å². The zero-order valence-corrected chi connectivity index (χ0v) is 6.36. The van der Waals surface area contributed by atoms with Crippen LogP contribution in [0.25, 0.3) is 0 Å². The Morgan fingerprint density at radius 1 is 1.22 bits per heavy atom. The van der Waals surface area contributed by atoms with E-state index in [4.69, 9.17) is 4.18 Å². The molecule has 0 atom stereocenters. The quantitative estimate of drug-likeness (QED) is 0.402. The van der Waals surface area contributed by atoms with E-state index in [1.165, 1.54) is 0 Å². The lowest BCUT2D eigenvalue weighted by atomic mass is 10.3. The van der Waals surface area contributed by atoms with Crippen LogP contribution < -0.4 is 4.18 Å². The monoisotopic (exact) mass is 158 g/mol. The van der Waals surface area contributed by atoms with Gasteiger partial charge in [0, 0.05) is 0 Å². The smallest absolute Gasteiger partial charge is 0.138 e. The van der Waals surface area contributed by atoms with Gasteiger partial charge in [-0.15, -0.1) is 0 Å². The van der Waals surface area contributed by atoms with Gasteiger partial charge in [-0.05, 0) is 12.1 Å². The number of hydrogen-bond donors (Lipinski definition) is 1. The van der Waals surface area contributed by atoms with Crippen molar-refractivity contribution >= 4 is 22.7 Å². The summed E-state index contributed by atoms with van der Waals surface area (Å²) in [4.78, 5) is 0. The van der Waals surface area contributed by atoms with Gasteiger partial charge in [0.05, 0.1) is 0 Å². The molecule has 3 heteroatoms. The predicted molar refractivity (Wildman–Crippen MR) is 43.6 cm³/mol. The number of hydrogen-bond acceptors (Lipinski definition) is 3. The van der Waals surface area contributed by atoms with Crippen LogP contribution in [0.1, 0.15) is 0 Å². The van der Waals surface area contributed by atoms with Crippen molar-refractivity contribution in [1.82, 2.24) is 0 Å². The first-order chi connectivity index (χ1) is 4.43. The van der Waals surface area contributed by atoms with Crippen molar-refractivity contribution in [2.45, 2.75) is 0 Å². The Hall–Kier alpha value is -0.280. The van der Waals surface area contributed by atoms with Gasteiger partial charge >= 0.3 is 0 Å². The fraction of sp³-hybridized carbons (Fsp3) is 0. The Bertz CT molecular complexity index is 164. The summed E-state index contributed by atoms with van der Waals surface area (Å²) in [6.07, 6.45) is 0. The zero-order valence-electron chi connectivity index (χ0n) is 4.65. The molecule has 0 aromatic heterocycles. The van der Waals surface area contributed by atoms with Gasteiger partial charge in [0.25, 0.3) is 0 Å². The molecule has 0 aliphatic heterocycles. The minimum atomic E-state index is 0.831. The molecule has 0 amide bonds. The molecule has 0 saturated carbocycles. The van der Waals surface area contributed by atoms with Gasteiger partial charge in [-0.3, -0.25) is 0 Å². The van der Waals surface area contributed by atoms with Crippen LogP contribution >= 0.6 is 22.7 Å². The Kier molecular flexibility index (Phi) is 2.80. The summed E-state index contributed by atoms with van der Waals surface area (Å²) in [5.74, 6) is 0.831. The first-order valence-electron chi connectivity index (χ1n) is 2.46. The first kappa shape index (κ1) is 6.83. The molecular formula is C6H6OS2. The van der Waals surface area contributed by atoms with Crippen molar-refractivity contribution < 1.29 is 4.18 Å². The fourth-order valence-electron chi connectivity index (χ4n) is 0.519. The second kappa shape index (κ2) is 3.69. The van der Waals surface area contributed by atoms with Crippen LogP contribution in [0, 0.1) is 0 Å². The van der Waals surface area contributed by atoms with Crippen LogP contribution in [-0.4, -0.2) is 0 Å². The van der Waals surface area contributed by atoms with Gasteiger partial charge in [0.15, 0.2) is 0 Å². The first-order valence-corrected chi connectivity index (χ1v) is 4.26. The van der Waals surface area contributed by atoms with Crippen LogP contribution in [0.4, 0.5) is 0 Å². The van der Waals surface area contributed by atoms with Crippen molar-refractivity contribution in [1.29, 1.82) is 0 Å². The number of thiol groups is 1. The van der Waals surface area contributed by atoms with Crippen LogP contribution in [0.2, 0.25) is 0 Å². The third-order valence-corrected chi connectivity index (χ3v) is 1.37. The molecule has 1 rings (SSSR count). The maximum Gasteiger partial charge on any atom is 0.138 e. The third-order valence-electron chi connectivity index (χ3n) is 0.877. The fourth-order valence-corrected chi connectivity index (χ4v) is 0.974. The number of rotatable bonds is 2. The van der Waals surface area contributed by atoms with Crippen molar-refractivity contribution in [3.8, 4) is 5.75 Å². The van der Waals surface area contributed by atoms with Crippen molar-refractivity contribution in [2.24, 2.45) is 0 Å². The molecule has 0 unspecified atom stereocenters. The maximum absolute atomic E-state index is 4.99. The molecule has 0 aliphatic carbocycles. The molecule has 0 bridgehead atoms. The molecule has 9 heavy (non-hydrogen) atoms. The van der Waals surface area contributed by atoms with Crippen LogP contribution in [0.5, 0.6) is 5.75 Å². The van der Waals surface area contributed by atoms with E-state index in [0.29, 0.717) is 0 Å². The van der Waals surface area contributed by atoms with Crippen molar-refractivity contribution in [3.63, 3.8) is 0 Å². The lowest BCUT2D eigenvalue weighted by molar-refractivity contribution is 0.656. The molecular weight excluding hydrogens is 152 g/mol. The molecule has 0 radical (unpaired) electrons. The highest BCUT2D eigenvalue weighted by Gasteiger charge is 1.85. The van der Waals surface area contributed by atoms with Gasteiger partial charge in [0.1, 0.15) is 16.8 Å². The standard InChI is InChI=1S/C6H6OS2/c8-9-7-6-4-2-1-3-5-6/h1-5,8H. The van der Waals surface area contributed by atoms with Gasteiger partial charge in [0.2, 0.25) is 0 Å². The molecule has 0 saturated heterocycles. The van der Waals surface area contributed by atoms with Gasteiger partial charge in [-0.25, -0.2) is 0 Å². The molecule has 1 nitrogen and oxygen atoms in total. The summed E-state index contributed by atoms with van der Waals surface area (Å²) in [5, 5.41) is 0. The SMILES string of the molecule is SSOc1ccccc1.